The predicted molar refractivity (Wildman–Crippen MR) is 365 cm³/mol. The van der Waals surface area contributed by atoms with Gasteiger partial charge < -0.3 is 20.3 Å². The molecule has 6 nitrogen and oxygen atoms in total. The lowest BCUT2D eigenvalue weighted by atomic mass is 10.0. The van der Waals surface area contributed by atoms with Gasteiger partial charge in [-0.3, -0.25) is 9.59 Å². The number of hydrogen-bond acceptors (Lipinski definition) is 5. The van der Waals surface area contributed by atoms with Crippen LogP contribution in [0, 0.1) is 0 Å². The number of ether oxygens (including phenoxy) is 1. The minimum atomic E-state index is -0.846. The number of carbonyl (C=O) groups excluding carboxylic acids is 2. The van der Waals surface area contributed by atoms with Crippen molar-refractivity contribution < 1.29 is 24.5 Å². The smallest absolute Gasteiger partial charge is 0.305 e. The fraction of sp³-hybridized carbons (Fsp3) is 0.844. The zero-order valence-corrected chi connectivity index (χ0v) is 55.7. The number of amides is 1. The maximum atomic E-state index is 12.5. The molecule has 0 saturated carbocycles. The van der Waals surface area contributed by atoms with Crippen LogP contribution in [0.4, 0.5) is 0 Å². The first kappa shape index (κ1) is 80.6. The Hall–Kier alpha value is -2.44. The number of aliphatic hydroxyl groups excluding tert-OH is 2. The van der Waals surface area contributed by atoms with Gasteiger partial charge in [-0.25, -0.2) is 0 Å². The molecule has 0 saturated heterocycles. The minimum absolute atomic E-state index is 0.00512. The minimum Gasteiger partial charge on any atom is -0.466 e. The van der Waals surface area contributed by atoms with Crippen molar-refractivity contribution >= 4 is 11.9 Å². The van der Waals surface area contributed by atoms with E-state index in [4.69, 9.17) is 4.74 Å². The molecule has 0 aliphatic carbocycles. The van der Waals surface area contributed by atoms with Crippen molar-refractivity contribution in [2.24, 2.45) is 0 Å². The SMILES string of the molecule is CCCCC/C=C\C/C=C\CCCCCCCCCC(=O)OCCCCCCCCCCC/C=C\C/C=C\CCCCCCCCCCCCCCCCCC(=O)NC(CO)C(O)/C=C/CCCCCCCCCCCCCCCCCC. The Morgan fingerprint density at radius 1 is 0.337 bits per heavy atom. The van der Waals surface area contributed by atoms with Gasteiger partial charge in [0.05, 0.1) is 25.4 Å². The van der Waals surface area contributed by atoms with Crippen molar-refractivity contribution in [1.82, 2.24) is 5.32 Å². The van der Waals surface area contributed by atoms with E-state index in [1.165, 1.54) is 308 Å². The molecule has 0 rings (SSSR count). The molecule has 6 heteroatoms. The zero-order chi connectivity index (χ0) is 59.9. The number of carbonyl (C=O) groups is 2. The second-order valence-corrected chi connectivity index (χ2v) is 25.3. The summed E-state index contributed by atoms with van der Waals surface area (Å²) in [5.74, 6) is -0.0598. The monoisotopic (exact) mass is 1160 g/mol. The fourth-order valence-electron chi connectivity index (χ4n) is 11.3. The molecule has 0 fully saturated rings. The molecule has 0 aromatic carbocycles. The summed E-state index contributed by atoms with van der Waals surface area (Å²) in [4.78, 5) is 24.6. The summed E-state index contributed by atoms with van der Waals surface area (Å²) < 4.78 is 5.49. The number of nitrogens with one attached hydrogen (secondary N) is 1. The molecular formula is C77H143NO5. The molecule has 0 heterocycles. The van der Waals surface area contributed by atoms with Gasteiger partial charge in [-0.05, 0) is 96.3 Å². The van der Waals surface area contributed by atoms with Gasteiger partial charge in [0.25, 0.3) is 0 Å². The van der Waals surface area contributed by atoms with Crippen LogP contribution < -0.4 is 5.32 Å². The highest BCUT2D eigenvalue weighted by Crippen LogP contribution is 2.18. The van der Waals surface area contributed by atoms with Crippen LogP contribution in [0.1, 0.15) is 393 Å². The van der Waals surface area contributed by atoms with Crippen LogP contribution in [0.5, 0.6) is 0 Å². The van der Waals surface area contributed by atoms with E-state index in [0.29, 0.717) is 19.4 Å². The van der Waals surface area contributed by atoms with Crippen LogP contribution in [0.15, 0.2) is 60.8 Å². The average Bonchev–Trinajstić information content (AvgIpc) is 3.49. The molecule has 2 atom stereocenters. The molecule has 0 aromatic heterocycles. The molecule has 2 unspecified atom stereocenters. The van der Waals surface area contributed by atoms with Gasteiger partial charge in [-0.15, -0.1) is 0 Å². The number of hydrogen-bond donors (Lipinski definition) is 3. The van der Waals surface area contributed by atoms with Crippen LogP contribution in [0.3, 0.4) is 0 Å². The molecule has 0 radical (unpaired) electrons. The summed E-state index contributed by atoms with van der Waals surface area (Å²) in [5, 5.41) is 23.2. The quantitative estimate of drug-likeness (QED) is 0.0320. The molecule has 0 aromatic rings. The van der Waals surface area contributed by atoms with E-state index in [0.717, 1.165) is 57.8 Å². The third kappa shape index (κ3) is 68.5. The van der Waals surface area contributed by atoms with Gasteiger partial charge in [0, 0.05) is 12.8 Å². The van der Waals surface area contributed by atoms with E-state index in [2.05, 4.69) is 67.8 Å². The van der Waals surface area contributed by atoms with Crippen molar-refractivity contribution in [2.75, 3.05) is 13.2 Å². The van der Waals surface area contributed by atoms with Crippen LogP contribution in [0.2, 0.25) is 0 Å². The highest BCUT2D eigenvalue weighted by molar-refractivity contribution is 5.76. The standard InChI is InChI=1S/C77H143NO5/c1-3-5-7-9-11-13-15-17-19-21-38-41-45-49-53-57-61-65-69-75(80)74(73-79)78-76(81)70-66-62-58-54-50-46-42-39-35-33-31-29-27-25-23-22-24-26-28-30-32-34-36-40-44-48-52-56-60-64-68-72-83-77(82)71-67-63-59-55-51-47-43-37-20-18-16-14-12-10-8-6-4-2/h12,14,18,20,24,26,30,32,65,69,74-75,79-80H,3-11,13,15-17,19,21-23,25,27-29,31,33-64,66-68,70-73H2,1-2H3,(H,78,81)/b14-12-,20-18-,26-24-,32-30-,69-65+. The molecule has 0 bridgehead atoms. The molecule has 0 aliphatic rings. The van der Waals surface area contributed by atoms with Crippen LogP contribution >= 0.6 is 0 Å². The fourth-order valence-corrected chi connectivity index (χ4v) is 11.3. The Balaban J connectivity index is 3.41. The predicted octanol–water partition coefficient (Wildman–Crippen LogP) is 24.2. The van der Waals surface area contributed by atoms with Crippen molar-refractivity contribution in [2.45, 2.75) is 405 Å². The number of allylic oxidation sites excluding steroid dienone is 9. The maximum Gasteiger partial charge on any atom is 0.305 e. The summed E-state index contributed by atoms with van der Waals surface area (Å²) in [6, 6.07) is -0.629. The first-order chi connectivity index (χ1) is 41.0. The largest absolute Gasteiger partial charge is 0.466 e. The first-order valence-electron chi connectivity index (χ1n) is 37.1. The Morgan fingerprint density at radius 2 is 0.602 bits per heavy atom. The number of esters is 1. The van der Waals surface area contributed by atoms with E-state index in [-0.39, 0.29) is 18.5 Å². The summed E-state index contributed by atoms with van der Waals surface area (Å²) >= 11 is 0. The molecule has 1 amide bonds. The van der Waals surface area contributed by atoms with E-state index < -0.39 is 12.1 Å². The molecule has 3 N–H and O–H groups in total. The lowest BCUT2D eigenvalue weighted by molar-refractivity contribution is -0.143. The lowest BCUT2D eigenvalue weighted by Gasteiger charge is -2.20. The Bertz CT molecular complexity index is 1430. The average molecular weight is 1160 g/mol. The number of rotatable bonds is 69. The third-order valence-corrected chi connectivity index (χ3v) is 17.0. The summed E-state index contributed by atoms with van der Waals surface area (Å²) in [7, 11) is 0. The molecule has 486 valence electrons. The van der Waals surface area contributed by atoms with Crippen molar-refractivity contribution in [3.05, 3.63) is 60.8 Å². The normalized spacial score (nSPS) is 12.9. The van der Waals surface area contributed by atoms with Gasteiger partial charge in [-0.1, -0.05) is 344 Å². The molecule has 0 spiro atoms. The van der Waals surface area contributed by atoms with E-state index in [1.54, 1.807) is 6.08 Å². The van der Waals surface area contributed by atoms with Gasteiger partial charge in [-0.2, -0.15) is 0 Å². The number of unbranched alkanes of at least 4 members (excludes halogenated alkanes) is 50. The summed E-state index contributed by atoms with van der Waals surface area (Å²) in [6.45, 7) is 4.90. The van der Waals surface area contributed by atoms with E-state index in [9.17, 15) is 19.8 Å². The van der Waals surface area contributed by atoms with Crippen LogP contribution in [-0.2, 0) is 14.3 Å². The molecule has 0 aliphatic heterocycles. The Labute approximate surface area is 518 Å². The van der Waals surface area contributed by atoms with Gasteiger partial charge in [0.1, 0.15) is 0 Å². The van der Waals surface area contributed by atoms with Gasteiger partial charge in [0.2, 0.25) is 5.91 Å². The summed E-state index contributed by atoms with van der Waals surface area (Å²) in [5.41, 5.74) is 0. The summed E-state index contributed by atoms with van der Waals surface area (Å²) in [6.07, 6.45) is 96.0. The maximum absolute atomic E-state index is 12.5. The Morgan fingerprint density at radius 3 is 0.940 bits per heavy atom. The molecule has 83 heavy (non-hydrogen) atoms. The zero-order valence-electron chi connectivity index (χ0n) is 55.7. The Kier molecular flexibility index (Phi) is 69.9. The van der Waals surface area contributed by atoms with E-state index in [1.807, 2.05) is 6.08 Å². The number of aliphatic hydroxyl groups is 2. The molecular weight excluding hydrogens is 1020 g/mol. The van der Waals surface area contributed by atoms with Crippen molar-refractivity contribution in [3.8, 4) is 0 Å². The van der Waals surface area contributed by atoms with Gasteiger partial charge in [0.15, 0.2) is 0 Å². The van der Waals surface area contributed by atoms with Crippen molar-refractivity contribution in [3.63, 3.8) is 0 Å². The van der Waals surface area contributed by atoms with Gasteiger partial charge >= 0.3 is 5.97 Å². The first-order valence-corrected chi connectivity index (χ1v) is 37.1. The second-order valence-electron chi connectivity index (χ2n) is 25.3. The highest BCUT2D eigenvalue weighted by atomic mass is 16.5. The second kappa shape index (κ2) is 72.0. The lowest BCUT2D eigenvalue weighted by Crippen LogP contribution is -2.45. The topological polar surface area (TPSA) is 95.9 Å². The van der Waals surface area contributed by atoms with Crippen LogP contribution in [-0.4, -0.2) is 47.4 Å². The van der Waals surface area contributed by atoms with Crippen molar-refractivity contribution in [1.29, 1.82) is 0 Å². The van der Waals surface area contributed by atoms with E-state index >= 15 is 0 Å². The third-order valence-electron chi connectivity index (χ3n) is 17.0. The van der Waals surface area contributed by atoms with Crippen LogP contribution in [0.25, 0.3) is 0 Å². The highest BCUT2D eigenvalue weighted by Gasteiger charge is 2.18.